The van der Waals surface area contributed by atoms with Crippen LogP contribution in [0.1, 0.15) is 42.1 Å². The van der Waals surface area contributed by atoms with Crippen molar-refractivity contribution in [2.75, 3.05) is 30.9 Å². The second kappa shape index (κ2) is 9.28. The Labute approximate surface area is 200 Å². The van der Waals surface area contributed by atoms with Crippen LogP contribution in [0.5, 0.6) is 0 Å². The molecule has 34 heavy (non-hydrogen) atoms. The predicted octanol–water partition coefficient (Wildman–Crippen LogP) is 2.54. The molecule has 0 unspecified atom stereocenters. The molecule has 10 nitrogen and oxygen atoms in total. The molecule has 4 heterocycles. The number of aliphatic hydroxyl groups is 1. The fraction of sp³-hybridized carbons (Fsp3) is 0.435. The molecule has 3 aromatic rings. The monoisotopic (exact) mass is 486 g/mol. The molecule has 1 saturated carbocycles. The Morgan fingerprint density at radius 2 is 2.00 bits per heavy atom. The van der Waals surface area contributed by atoms with Gasteiger partial charge in [0.05, 0.1) is 34.4 Å². The lowest BCUT2D eigenvalue weighted by molar-refractivity contribution is 0.0448. The molecule has 5 rings (SSSR count). The summed E-state index contributed by atoms with van der Waals surface area (Å²) in [7, 11) is 1.75. The third kappa shape index (κ3) is 4.24. The molecule has 0 aromatic carbocycles. The average Bonchev–Trinajstić information content (AvgIpc) is 3.27. The van der Waals surface area contributed by atoms with Crippen LogP contribution in [-0.2, 0) is 4.74 Å². The smallest absolute Gasteiger partial charge is 0.274 e. The van der Waals surface area contributed by atoms with Gasteiger partial charge in [-0.25, -0.2) is 4.52 Å². The summed E-state index contributed by atoms with van der Waals surface area (Å²) in [6.07, 6.45) is 5.58. The van der Waals surface area contributed by atoms with Crippen LogP contribution in [0.4, 0.5) is 17.2 Å². The number of fused-ring (bicyclic) bond motifs is 1. The molecule has 1 amide bonds. The number of carbonyl (C=O) groups is 1. The molecule has 0 radical (unpaired) electrons. The van der Waals surface area contributed by atoms with Crippen molar-refractivity contribution in [1.29, 1.82) is 0 Å². The van der Waals surface area contributed by atoms with Gasteiger partial charge in [0.15, 0.2) is 0 Å². The Morgan fingerprint density at radius 3 is 2.68 bits per heavy atom. The van der Waals surface area contributed by atoms with E-state index in [4.69, 9.17) is 16.3 Å². The van der Waals surface area contributed by atoms with Gasteiger partial charge in [-0.2, -0.15) is 5.10 Å². The lowest BCUT2D eigenvalue weighted by atomic mass is 9.89. The number of carbonyl (C=O) groups excluding carboxylic acids is 1. The van der Waals surface area contributed by atoms with Gasteiger partial charge in [-0.3, -0.25) is 9.59 Å². The fourth-order valence-corrected chi connectivity index (χ4v) is 4.67. The van der Waals surface area contributed by atoms with Gasteiger partial charge in [0.1, 0.15) is 11.5 Å². The van der Waals surface area contributed by atoms with Crippen LogP contribution in [-0.4, -0.2) is 57.6 Å². The second-order valence-corrected chi connectivity index (χ2v) is 9.15. The van der Waals surface area contributed by atoms with Crippen LogP contribution in [0, 0.1) is 0 Å². The van der Waals surface area contributed by atoms with E-state index in [9.17, 15) is 14.7 Å². The number of nitrogens with zero attached hydrogens (tertiary/aromatic N) is 3. The molecule has 0 bridgehead atoms. The summed E-state index contributed by atoms with van der Waals surface area (Å²) >= 11 is 6.36. The van der Waals surface area contributed by atoms with Gasteiger partial charge in [0.2, 0.25) is 0 Å². The van der Waals surface area contributed by atoms with E-state index in [0.717, 1.165) is 19.3 Å². The summed E-state index contributed by atoms with van der Waals surface area (Å²) in [5.41, 5.74) is 1.71. The standard InChI is InChI=1S/C23H27ClN6O4/c1-25-21-10-14(9-19-16(11-26-30(19)21)22(32)28-17-2-3-20(17)31)27-18-8-13(24)12-29(23(18)33)15-4-6-34-7-5-15/h8-12,15,17,20,25,27,31H,2-7H2,1H3,(H,28,32)/t17-,20-/m1/s1. The van der Waals surface area contributed by atoms with E-state index in [0.29, 0.717) is 52.9 Å². The van der Waals surface area contributed by atoms with E-state index in [1.54, 1.807) is 40.5 Å². The number of anilines is 3. The Hall–Kier alpha value is -3.08. The maximum Gasteiger partial charge on any atom is 0.274 e. The zero-order valence-electron chi connectivity index (χ0n) is 18.8. The largest absolute Gasteiger partial charge is 0.391 e. The topological polar surface area (TPSA) is 122 Å². The highest BCUT2D eigenvalue weighted by atomic mass is 35.5. The number of hydrogen-bond acceptors (Lipinski definition) is 7. The first-order valence-corrected chi connectivity index (χ1v) is 11.8. The van der Waals surface area contributed by atoms with Gasteiger partial charge in [0.25, 0.3) is 11.5 Å². The number of nitrogens with one attached hydrogen (secondary N) is 3. The molecule has 2 atom stereocenters. The lowest BCUT2D eigenvalue weighted by Crippen LogP contribution is -2.50. The zero-order chi connectivity index (χ0) is 23.8. The van der Waals surface area contributed by atoms with Crippen LogP contribution in [0.2, 0.25) is 5.02 Å². The zero-order valence-corrected chi connectivity index (χ0v) is 19.5. The molecule has 0 spiro atoms. The van der Waals surface area contributed by atoms with Crippen molar-refractivity contribution >= 4 is 40.2 Å². The minimum absolute atomic E-state index is 0.0304. The van der Waals surface area contributed by atoms with Gasteiger partial charge < -0.3 is 30.4 Å². The summed E-state index contributed by atoms with van der Waals surface area (Å²) in [6.45, 7) is 1.22. The van der Waals surface area contributed by atoms with Crippen molar-refractivity contribution in [1.82, 2.24) is 19.5 Å². The number of aliphatic hydroxyl groups excluding tert-OH is 1. The van der Waals surface area contributed by atoms with Crippen molar-refractivity contribution in [3.63, 3.8) is 0 Å². The first-order chi connectivity index (χ1) is 16.4. The molecule has 11 heteroatoms. The average molecular weight is 487 g/mol. The highest BCUT2D eigenvalue weighted by Gasteiger charge is 2.31. The van der Waals surface area contributed by atoms with Gasteiger partial charge >= 0.3 is 0 Å². The molecular weight excluding hydrogens is 460 g/mol. The number of aromatic nitrogens is 3. The Kier molecular flexibility index (Phi) is 6.20. The molecule has 1 aliphatic carbocycles. The summed E-state index contributed by atoms with van der Waals surface area (Å²) in [4.78, 5) is 26.1. The van der Waals surface area contributed by atoms with Crippen molar-refractivity contribution < 1.29 is 14.6 Å². The van der Waals surface area contributed by atoms with Gasteiger partial charge in [0, 0.05) is 44.3 Å². The summed E-state index contributed by atoms with van der Waals surface area (Å²) in [5, 5.41) is 23.7. The number of hydrogen-bond donors (Lipinski definition) is 4. The molecule has 3 aromatic heterocycles. The molecule has 1 aliphatic heterocycles. The lowest BCUT2D eigenvalue weighted by Gasteiger charge is -2.32. The predicted molar refractivity (Wildman–Crippen MR) is 129 cm³/mol. The maximum absolute atomic E-state index is 13.2. The van der Waals surface area contributed by atoms with Crippen LogP contribution >= 0.6 is 11.6 Å². The van der Waals surface area contributed by atoms with Crippen molar-refractivity contribution in [3.8, 4) is 0 Å². The summed E-state index contributed by atoms with van der Waals surface area (Å²) < 4.78 is 8.71. The highest BCUT2D eigenvalue weighted by molar-refractivity contribution is 6.30. The SMILES string of the molecule is CNc1cc(Nc2cc(Cl)cn(C3CCOCC3)c2=O)cc2c(C(=O)N[C@@H]3CC[C@H]3O)cnn12. The number of pyridine rings is 2. The van der Waals surface area contributed by atoms with Crippen LogP contribution in [0.3, 0.4) is 0 Å². The molecule has 180 valence electrons. The number of amides is 1. The second-order valence-electron chi connectivity index (χ2n) is 8.71. The van der Waals surface area contributed by atoms with E-state index in [2.05, 4.69) is 21.0 Å². The van der Waals surface area contributed by atoms with E-state index >= 15 is 0 Å². The third-order valence-corrected chi connectivity index (χ3v) is 6.75. The van der Waals surface area contributed by atoms with E-state index in [1.165, 1.54) is 6.20 Å². The summed E-state index contributed by atoms with van der Waals surface area (Å²) in [6, 6.07) is 4.95. The van der Waals surface area contributed by atoms with Crippen molar-refractivity contribution in [2.45, 2.75) is 43.9 Å². The fourth-order valence-electron chi connectivity index (χ4n) is 4.46. The number of halogens is 1. The van der Waals surface area contributed by atoms with Gasteiger partial charge in [-0.05, 0) is 37.8 Å². The first kappa shape index (κ1) is 22.7. The molecule has 2 fully saturated rings. The molecule has 2 aliphatic rings. The highest BCUT2D eigenvalue weighted by Crippen LogP contribution is 2.27. The third-order valence-electron chi connectivity index (χ3n) is 6.55. The maximum atomic E-state index is 13.2. The first-order valence-electron chi connectivity index (χ1n) is 11.4. The van der Waals surface area contributed by atoms with E-state index < -0.39 is 6.10 Å². The van der Waals surface area contributed by atoms with Crippen molar-refractivity contribution in [3.05, 3.63) is 51.5 Å². The molecule has 4 N–H and O–H groups in total. The molecular formula is C23H27ClN6O4. The minimum atomic E-state index is -0.517. The van der Waals surface area contributed by atoms with Gasteiger partial charge in [-0.1, -0.05) is 11.6 Å². The molecule has 1 saturated heterocycles. The van der Waals surface area contributed by atoms with E-state index in [-0.39, 0.29) is 23.6 Å². The van der Waals surface area contributed by atoms with Crippen LogP contribution in [0.25, 0.3) is 5.52 Å². The van der Waals surface area contributed by atoms with Crippen LogP contribution < -0.4 is 21.5 Å². The quantitative estimate of drug-likeness (QED) is 0.422. The Morgan fingerprint density at radius 1 is 1.21 bits per heavy atom. The summed E-state index contributed by atoms with van der Waals surface area (Å²) in [5.74, 6) is 0.331. The number of rotatable bonds is 6. The van der Waals surface area contributed by atoms with Crippen LogP contribution in [0.15, 0.2) is 35.4 Å². The van der Waals surface area contributed by atoms with Gasteiger partial charge in [-0.15, -0.1) is 0 Å². The Balaban J connectivity index is 1.49. The van der Waals surface area contributed by atoms with Crippen molar-refractivity contribution in [2.24, 2.45) is 0 Å². The Bertz CT molecular complexity index is 1280. The number of ether oxygens (including phenoxy) is 1. The van der Waals surface area contributed by atoms with E-state index in [1.807, 2.05) is 0 Å². The minimum Gasteiger partial charge on any atom is -0.391 e. The normalized spacial score (nSPS) is 20.7.